The van der Waals surface area contributed by atoms with Gasteiger partial charge in [0.25, 0.3) is 5.56 Å². The minimum Gasteiger partial charge on any atom is -1.00 e. The summed E-state index contributed by atoms with van der Waals surface area (Å²) in [5, 5.41) is 0. The SMILES string of the molecule is CCCCCCCC(=O)OCC[N+](C)(C)CCOCn1cc(C)c(=O)[nH]c1=O.[I-]. The summed E-state index contributed by atoms with van der Waals surface area (Å²) in [4.78, 5) is 37.0. The number of quaternary nitrogens is 1. The smallest absolute Gasteiger partial charge is 0.330 e. The van der Waals surface area contributed by atoms with Crippen molar-refractivity contribution < 1.29 is 42.7 Å². The average molecular weight is 525 g/mol. The fourth-order valence-electron chi connectivity index (χ4n) is 2.65. The van der Waals surface area contributed by atoms with Crippen LogP contribution in [0.2, 0.25) is 0 Å². The van der Waals surface area contributed by atoms with E-state index in [1.54, 1.807) is 6.92 Å². The van der Waals surface area contributed by atoms with E-state index in [1.807, 2.05) is 14.1 Å². The maximum Gasteiger partial charge on any atom is 0.330 e. The van der Waals surface area contributed by atoms with Crippen molar-refractivity contribution in [3.8, 4) is 0 Å². The van der Waals surface area contributed by atoms with Gasteiger partial charge in [-0.2, -0.15) is 0 Å². The van der Waals surface area contributed by atoms with Crippen LogP contribution in [0, 0.1) is 6.92 Å². The summed E-state index contributed by atoms with van der Waals surface area (Å²) in [6.07, 6.45) is 7.56. The largest absolute Gasteiger partial charge is 1.00 e. The third-order valence-electron chi connectivity index (χ3n) is 4.70. The molecule has 9 heteroatoms. The van der Waals surface area contributed by atoms with Gasteiger partial charge >= 0.3 is 11.7 Å². The topological polar surface area (TPSA) is 90.4 Å². The Morgan fingerprint density at radius 2 is 1.76 bits per heavy atom. The first-order chi connectivity index (χ1) is 13.2. The molecule has 0 bridgehead atoms. The third-order valence-corrected chi connectivity index (χ3v) is 4.70. The van der Waals surface area contributed by atoms with Crippen LogP contribution in [-0.2, 0) is 21.0 Å². The van der Waals surface area contributed by atoms with E-state index < -0.39 is 5.69 Å². The predicted molar refractivity (Wildman–Crippen MR) is 108 cm³/mol. The fraction of sp³-hybridized carbons (Fsp3) is 0.750. The standard InChI is InChI=1S/C20H35N3O5.HI/c1-5-6-7-8-9-10-18(24)28-14-12-23(3,4)11-13-27-16-22-15-17(2)19(25)21-20(22)26;/h15H,5-14,16H2,1-4H3;1H. The highest BCUT2D eigenvalue weighted by molar-refractivity contribution is 5.69. The molecule has 0 saturated carbocycles. The first-order valence-electron chi connectivity index (χ1n) is 10.1. The molecule has 0 fully saturated rings. The number of hydrogen-bond donors (Lipinski definition) is 1. The molecule has 0 aliphatic carbocycles. The number of esters is 1. The molecule has 0 amide bonds. The van der Waals surface area contributed by atoms with Crippen molar-refractivity contribution >= 4 is 5.97 Å². The number of ether oxygens (including phenoxy) is 2. The number of aryl methyl sites for hydroxylation is 1. The van der Waals surface area contributed by atoms with Crippen molar-refractivity contribution in [2.45, 2.75) is 59.1 Å². The van der Waals surface area contributed by atoms with Crippen LogP contribution in [0.3, 0.4) is 0 Å². The van der Waals surface area contributed by atoms with E-state index in [1.165, 1.54) is 30.0 Å². The van der Waals surface area contributed by atoms with E-state index >= 15 is 0 Å². The van der Waals surface area contributed by atoms with E-state index in [-0.39, 0.29) is 42.2 Å². The molecule has 0 unspecified atom stereocenters. The number of aromatic amines is 1. The number of nitrogens with zero attached hydrogens (tertiary/aromatic N) is 2. The van der Waals surface area contributed by atoms with Gasteiger partial charge in [-0.25, -0.2) is 4.79 Å². The van der Waals surface area contributed by atoms with Crippen molar-refractivity contribution in [1.29, 1.82) is 0 Å². The quantitative estimate of drug-likeness (QED) is 0.143. The van der Waals surface area contributed by atoms with Gasteiger partial charge in [-0.15, -0.1) is 0 Å². The summed E-state index contributed by atoms with van der Waals surface area (Å²) >= 11 is 0. The van der Waals surface area contributed by atoms with Gasteiger partial charge in [0.15, 0.2) is 0 Å². The highest BCUT2D eigenvalue weighted by Crippen LogP contribution is 2.06. The number of aromatic nitrogens is 2. The van der Waals surface area contributed by atoms with Gasteiger partial charge in [0, 0.05) is 18.2 Å². The first kappa shape index (κ1) is 27.8. The van der Waals surface area contributed by atoms with Crippen LogP contribution in [0.15, 0.2) is 15.8 Å². The maximum atomic E-state index is 11.8. The van der Waals surface area contributed by atoms with Gasteiger partial charge in [-0.3, -0.25) is 19.1 Å². The van der Waals surface area contributed by atoms with Crippen molar-refractivity contribution in [2.24, 2.45) is 0 Å². The maximum absolute atomic E-state index is 11.8. The summed E-state index contributed by atoms with van der Waals surface area (Å²) in [5.74, 6) is -0.124. The molecule has 0 aliphatic rings. The summed E-state index contributed by atoms with van der Waals surface area (Å²) in [7, 11) is 4.08. The van der Waals surface area contributed by atoms with Crippen LogP contribution in [-0.4, -0.2) is 60.4 Å². The lowest BCUT2D eigenvalue weighted by molar-refractivity contribution is -0.890. The first-order valence-corrected chi connectivity index (χ1v) is 10.1. The molecule has 0 spiro atoms. The Hall–Kier alpha value is -1.20. The second-order valence-electron chi connectivity index (χ2n) is 7.85. The molecule has 1 heterocycles. The van der Waals surface area contributed by atoms with Gasteiger partial charge in [0.1, 0.15) is 26.4 Å². The second kappa shape index (κ2) is 14.7. The molecule has 1 aromatic rings. The molecule has 1 N–H and O–H groups in total. The molecule has 0 radical (unpaired) electrons. The summed E-state index contributed by atoms with van der Waals surface area (Å²) in [6.45, 7) is 6.14. The molecule has 0 aliphatic heterocycles. The van der Waals surface area contributed by atoms with E-state index in [0.717, 1.165) is 12.8 Å². The summed E-state index contributed by atoms with van der Waals surface area (Å²) < 4.78 is 12.9. The highest BCUT2D eigenvalue weighted by atomic mass is 127. The lowest BCUT2D eigenvalue weighted by atomic mass is 10.1. The average Bonchev–Trinajstić information content (AvgIpc) is 2.62. The van der Waals surface area contributed by atoms with Gasteiger partial charge in [-0.05, 0) is 13.3 Å². The Balaban J connectivity index is 0.00000784. The van der Waals surface area contributed by atoms with Gasteiger partial charge in [-0.1, -0.05) is 32.6 Å². The number of hydrogen-bond acceptors (Lipinski definition) is 5. The molecule has 1 rings (SSSR count). The Morgan fingerprint density at radius 1 is 1.10 bits per heavy atom. The van der Waals surface area contributed by atoms with Crippen molar-refractivity contribution in [3.63, 3.8) is 0 Å². The van der Waals surface area contributed by atoms with Crippen LogP contribution in [0.4, 0.5) is 0 Å². The minimum absolute atomic E-state index is 0. The predicted octanol–water partition coefficient (Wildman–Crippen LogP) is -1.20. The van der Waals surface area contributed by atoms with Crippen LogP contribution in [0.5, 0.6) is 0 Å². The highest BCUT2D eigenvalue weighted by Gasteiger charge is 2.16. The minimum atomic E-state index is -0.481. The second-order valence-corrected chi connectivity index (χ2v) is 7.85. The molecule has 168 valence electrons. The van der Waals surface area contributed by atoms with Gasteiger partial charge < -0.3 is 37.9 Å². The Labute approximate surface area is 190 Å². The number of rotatable bonds is 14. The fourth-order valence-corrected chi connectivity index (χ4v) is 2.65. The lowest BCUT2D eigenvalue weighted by Gasteiger charge is -2.29. The van der Waals surface area contributed by atoms with Crippen LogP contribution >= 0.6 is 0 Å². The Bertz CT molecular complexity index is 715. The van der Waals surface area contributed by atoms with E-state index in [0.29, 0.717) is 42.8 Å². The van der Waals surface area contributed by atoms with Crippen LogP contribution in [0.25, 0.3) is 0 Å². The number of likely N-dealkylation sites (N-methyl/N-ethyl adjacent to an activating group) is 1. The summed E-state index contributed by atoms with van der Waals surface area (Å²) in [5.41, 5.74) is -0.396. The number of halogens is 1. The van der Waals surface area contributed by atoms with Gasteiger partial charge in [0.05, 0.1) is 20.7 Å². The van der Waals surface area contributed by atoms with E-state index in [9.17, 15) is 14.4 Å². The van der Waals surface area contributed by atoms with Gasteiger partial charge in [0.2, 0.25) is 0 Å². The Kier molecular flexibility index (Phi) is 14.1. The molecular formula is C20H36IN3O5. The number of H-pyrrole nitrogens is 1. The zero-order valence-electron chi connectivity index (χ0n) is 18.2. The lowest BCUT2D eigenvalue weighted by Crippen LogP contribution is -3.00. The van der Waals surface area contributed by atoms with Crippen LogP contribution < -0.4 is 35.2 Å². The zero-order chi connectivity index (χ0) is 21.0. The number of carbonyl (C=O) groups excluding carboxylic acids is 1. The van der Waals surface area contributed by atoms with Crippen molar-refractivity contribution in [1.82, 2.24) is 9.55 Å². The monoisotopic (exact) mass is 525 g/mol. The molecule has 29 heavy (non-hydrogen) atoms. The van der Waals surface area contributed by atoms with E-state index in [2.05, 4.69) is 11.9 Å². The summed E-state index contributed by atoms with van der Waals surface area (Å²) in [6, 6.07) is 0. The van der Waals surface area contributed by atoms with Crippen molar-refractivity contribution in [3.05, 3.63) is 32.6 Å². The van der Waals surface area contributed by atoms with Crippen LogP contribution in [0.1, 0.15) is 51.0 Å². The zero-order valence-corrected chi connectivity index (χ0v) is 20.3. The molecule has 0 aromatic carbocycles. The number of nitrogens with one attached hydrogen (secondary N) is 1. The normalized spacial score (nSPS) is 11.2. The molecular weight excluding hydrogens is 489 g/mol. The molecule has 8 nitrogen and oxygen atoms in total. The molecule has 1 aromatic heterocycles. The molecule has 0 saturated heterocycles. The number of unbranched alkanes of at least 4 members (excludes halogenated alkanes) is 4. The Morgan fingerprint density at radius 3 is 2.45 bits per heavy atom. The van der Waals surface area contributed by atoms with Crippen molar-refractivity contribution in [2.75, 3.05) is 40.4 Å². The van der Waals surface area contributed by atoms with E-state index in [4.69, 9.17) is 9.47 Å². The number of carbonyl (C=O) groups is 1. The third kappa shape index (κ3) is 12.2. The molecule has 0 atom stereocenters.